The Morgan fingerprint density at radius 2 is 1.91 bits per heavy atom. The lowest BCUT2D eigenvalue weighted by Crippen LogP contribution is -2.41. The minimum Gasteiger partial charge on any atom is -0.379 e. The van der Waals surface area contributed by atoms with Gasteiger partial charge in [0, 0.05) is 47.8 Å². The molecule has 10 heteroatoms. The fourth-order valence-electron chi connectivity index (χ4n) is 4.82. The second-order valence-electron chi connectivity index (χ2n) is 8.67. The van der Waals surface area contributed by atoms with Crippen LogP contribution in [0, 0.1) is 0 Å². The van der Waals surface area contributed by atoms with Crippen LogP contribution in [0.2, 0.25) is 0 Å². The van der Waals surface area contributed by atoms with E-state index in [1.165, 1.54) is 5.56 Å². The monoisotopic (exact) mass is 526 g/mol. The highest BCUT2D eigenvalue weighted by Crippen LogP contribution is 2.36. The number of fused-ring (bicyclic) bond motifs is 1. The molecular formula is C22H31BrN4O4S. The zero-order valence-corrected chi connectivity index (χ0v) is 20.6. The predicted molar refractivity (Wildman–Crippen MR) is 128 cm³/mol. The van der Waals surface area contributed by atoms with Crippen LogP contribution in [0.15, 0.2) is 22.8 Å². The average Bonchev–Trinajstić information content (AvgIpc) is 3.18. The molecule has 3 N–H and O–H groups in total. The lowest BCUT2D eigenvalue weighted by Gasteiger charge is -2.32. The summed E-state index contributed by atoms with van der Waals surface area (Å²) >= 11 is 3.54. The van der Waals surface area contributed by atoms with Crippen LogP contribution in [0.1, 0.15) is 36.3 Å². The van der Waals surface area contributed by atoms with Gasteiger partial charge in [-0.25, -0.2) is 12.7 Å². The van der Waals surface area contributed by atoms with Crippen molar-refractivity contribution in [1.82, 2.24) is 14.2 Å². The minimum absolute atomic E-state index is 0.178. The fraction of sp³-hybridized carbons (Fsp3) is 0.591. The van der Waals surface area contributed by atoms with E-state index in [4.69, 9.17) is 10.5 Å². The third-order valence-electron chi connectivity index (χ3n) is 6.50. The molecule has 3 heterocycles. The number of piperidine rings is 1. The van der Waals surface area contributed by atoms with Crippen molar-refractivity contribution < 1.29 is 17.9 Å². The third kappa shape index (κ3) is 5.53. The number of aromatic amines is 1. The molecule has 2 fully saturated rings. The topological polar surface area (TPSA) is 109 Å². The van der Waals surface area contributed by atoms with E-state index in [1.807, 2.05) is 12.3 Å². The van der Waals surface area contributed by atoms with Crippen molar-refractivity contribution in [3.05, 3.63) is 33.9 Å². The molecule has 0 bridgehead atoms. The SMILES string of the molecule is NC(=O)Cc1cc(Br)cc2c(C3CCN(S(=O)(=O)CCCN4CCOCC4)CC3)c[nH]c12. The van der Waals surface area contributed by atoms with Crippen LogP contribution in [0.5, 0.6) is 0 Å². The molecule has 2 aromatic rings. The molecule has 0 spiro atoms. The molecule has 0 atom stereocenters. The summed E-state index contributed by atoms with van der Waals surface area (Å²) in [5, 5.41) is 1.07. The molecule has 32 heavy (non-hydrogen) atoms. The number of benzene rings is 1. The van der Waals surface area contributed by atoms with Gasteiger partial charge in [-0.1, -0.05) is 15.9 Å². The zero-order chi connectivity index (χ0) is 22.7. The molecular weight excluding hydrogens is 496 g/mol. The van der Waals surface area contributed by atoms with Gasteiger partial charge in [-0.3, -0.25) is 9.69 Å². The summed E-state index contributed by atoms with van der Waals surface area (Å²) < 4.78 is 33.6. The number of halogens is 1. The Balaban J connectivity index is 1.37. The maximum Gasteiger partial charge on any atom is 0.221 e. The average molecular weight is 527 g/mol. The Morgan fingerprint density at radius 3 is 2.59 bits per heavy atom. The maximum atomic E-state index is 12.9. The highest BCUT2D eigenvalue weighted by Gasteiger charge is 2.30. The number of hydrogen-bond acceptors (Lipinski definition) is 5. The number of carbonyl (C=O) groups is 1. The number of primary amides is 1. The van der Waals surface area contributed by atoms with Crippen LogP contribution in [0.4, 0.5) is 0 Å². The quantitative estimate of drug-likeness (QED) is 0.547. The van der Waals surface area contributed by atoms with Gasteiger partial charge in [0.05, 0.1) is 25.4 Å². The summed E-state index contributed by atoms with van der Waals surface area (Å²) in [7, 11) is -3.24. The first-order valence-electron chi connectivity index (χ1n) is 11.2. The number of amides is 1. The molecule has 0 aliphatic carbocycles. The molecule has 2 saturated heterocycles. The summed E-state index contributed by atoms with van der Waals surface area (Å²) in [5.41, 5.74) is 8.39. The highest BCUT2D eigenvalue weighted by molar-refractivity contribution is 9.10. The molecule has 0 radical (unpaired) electrons. The first-order valence-corrected chi connectivity index (χ1v) is 13.6. The molecule has 8 nitrogen and oxygen atoms in total. The maximum absolute atomic E-state index is 12.9. The van der Waals surface area contributed by atoms with Crippen LogP contribution in [-0.2, 0) is 26.0 Å². The van der Waals surface area contributed by atoms with Gasteiger partial charge in [0.2, 0.25) is 15.9 Å². The smallest absolute Gasteiger partial charge is 0.221 e. The lowest BCUT2D eigenvalue weighted by molar-refractivity contribution is -0.117. The van der Waals surface area contributed by atoms with Crippen LogP contribution in [0.25, 0.3) is 10.9 Å². The first-order chi connectivity index (χ1) is 15.3. The number of ether oxygens (including phenoxy) is 1. The Bertz CT molecular complexity index is 1060. The van der Waals surface area contributed by atoms with Crippen molar-refractivity contribution in [2.75, 3.05) is 51.7 Å². The Labute approximate surface area is 197 Å². The first kappa shape index (κ1) is 23.7. The Morgan fingerprint density at radius 1 is 1.19 bits per heavy atom. The summed E-state index contributed by atoms with van der Waals surface area (Å²) in [6, 6.07) is 3.97. The lowest BCUT2D eigenvalue weighted by atomic mass is 9.89. The standard InChI is InChI=1S/C22H31BrN4O4S/c23-18-12-17(13-21(24)28)22-19(14-18)20(15-25-22)16-2-5-27(6-3-16)32(29,30)11-1-4-26-7-9-31-10-8-26/h12,14-16,25H,1-11,13H2,(H2,24,28). The number of carbonyl (C=O) groups excluding carboxylic acids is 1. The number of sulfonamides is 1. The van der Waals surface area contributed by atoms with Crippen molar-refractivity contribution in [1.29, 1.82) is 0 Å². The van der Waals surface area contributed by atoms with E-state index >= 15 is 0 Å². The molecule has 1 aromatic carbocycles. The number of H-pyrrole nitrogens is 1. The van der Waals surface area contributed by atoms with Crippen molar-refractivity contribution in [3.63, 3.8) is 0 Å². The van der Waals surface area contributed by atoms with E-state index in [-0.39, 0.29) is 24.0 Å². The van der Waals surface area contributed by atoms with Crippen molar-refractivity contribution in [2.45, 2.75) is 31.6 Å². The van der Waals surface area contributed by atoms with Gasteiger partial charge in [-0.15, -0.1) is 0 Å². The number of morpholine rings is 1. The number of nitrogens with zero attached hydrogens (tertiary/aromatic N) is 2. The second kappa shape index (κ2) is 10.2. The summed E-state index contributed by atoms with van der Waals surface area (Å²) in [4.78, 5) is 17.0. The van der Waals surface area contributed by atoms with Gasteiger partial charge in [-0.2, -0.15) is 0 Å². The van der Waals surface area contributed by atoms with Gasteiger partial charge >= 0.3 is 0 Å². The van der Waals surface area contributed by atoms with Gasteiger partial charge in [0.25, 0.3) is 0 Å². The zero-order valence-electron chi connectivity index (χ0n) is 18.2. The van der Waals surface area contributed by atoms with Crippen LogP contribution in [0.3, 0.4) is 0 Å². The molecule has 1 amide bonds. The highest BCUT2D eigenvalue weighted by atomic mass is 79.9. The van der Waals surface area contributed by atoms with Gasteiger partial charge in [-0.05, 0) is 55.0 Å². The van der Waals surface area contributed by atoms with Crippen LogP contribution < -0.4 is 5.73 Å². The molecule has 0 unspecified atom stereocenters. The van der Waals surface area contributed by atoms with E-state index in [1.54, 1.807) is 4.31 Å². The second-order valence-corrected chi connectivity index (χ2v) is 11.7. The largest absolute Gasteiger partial charge is 0.379 e. The van der Waals surface area contributed by atoms with E-state index in [0.29, 0.717) is 19.5 Å². The third-order valence-corrected chi connectivity index (χ3v) is 8.91. The molecule has 176 valence electrons. The Kier molecular flexibility index (Phi) is 7.56. The van der Waals surface area contributed by atoms with Crippen LogP contribution >= 0.6 is 15.9 Å². The summed E-state index contributed by atoms with van der Waals surface area (Å²) in [6.45, 7) is 5.11. The number of aromatic nitrogens is 1. The van der Waals surface area contributed by atoms with Gasteiger partial charge < -0.3 is 15.5 Å². The van der Waals surface area contributed by atoms with E-state index < -0.39 is 10.0 Å². The van der Waals surface area contributed by atoms with E-state index in [2.05, 4.69) is 31.9 Å². The van der Waals surface area contributed by atoms with Crippen molar-refractivity contribution >= 4 is 42.8 Å². The molecule has 0 saturated carbocycles. The predicted octanol–water partition coefficient (Wildman–Crippen LogP) is 2.19. The summed E-state index contributed by atoms with van der Waals surface area (Å²) in [5.74, 6) is 0.109. The summed E-state index contributed by atoms with van der Waals surface area (Å²) in [6.07, 6.45) is 4.40. The van der Waals surface area contributed by atoms with E-state index in [9.17, 15) is 13.2 Å². The molecule has 1 aromatic heterocycles. The molecule has 2 aliphatic heterocycles. The number of rotatable bonds is 8. The van der Waals surface area contributed by atoms with Crippen LogP contribution in [-0.4, -0.2) is 80.2 Å². The number of nitrogens with one attached hydrogen (secondary N) is 1. The minimum atomic E-state index is -3.24. The van der Waals surface area contributed by atoms with Gasteiger partial charge in [0.1, 0.15) is 0 Å². The van der Waals surface area contributed by atoms with Crippen molar-refractivity contribution in [2.24, 2.45) is 5.73 Å². The van der Waals surface area contributed by atoms with Crippen molar-refractivity contribution in [3.8, 4) is 0 Å². The fourth-order valence-corrected chi connectivity index (χ4v) is 6.85. The van der Waals surface area contributed by atoms with E-state index in [0.717, 1.165) is 66.6 Å². The van der Waals surface area contributed by atoms with Gasteiger partial charge in [0.15, 0.2) is 0 Å². The molecule has 2 aliphatic rings. The number of nitrogens with two attached hydrogens (primary N) is 1. The Hall–Kier alpha value is -1.46. The normalized spacial score (nSPS) is 19.5. The number of hydrogen-bond donors (Lipinski definition) is 2. The molecule has 4 rings (SSSR count).